The highest BCUT2D eigenvalue weighted by Gasteiger charge is 2.18. The third-order valence-electron chi connectivity index (χ3n) is 4.36. The van der Waals surface area contributed by atoms with Crippen LogP contribution in [0.1, 0.15) is 17.0 Å². The van der Waals surface area contributed by atoms with Gasteiger partial charge in [-0.2, -0.15) is 5.10 Å². The molecule has 1 aromatic heterocycles. The van der Waals surface area contributed by atoms with Gasteiger partial charge in [0.2, 0.25) is 0 Å². The number of para-hydroxylation sites is 1. The van der Waals surface area contributed by atoms with Gasteiger partial charge in [-0.05, 0) is 38.1 Å². The fourth-order valence-electron chi connectivity index (χ4n) is 2.83. The van der Waals surface area contributed by atoms with E-state index in [1.54, 1.807) is 7.05 Å². The monoisotopic (exact) mass is 370 g/mol. The second-order valence-electron chi connectivity index (χ2n) is 6.31. The number of carbonyl (C=O) groups is 1. The van der Waals surface area contributed by atoms with Gasteiger partial charge < -0.3 is 10.2 Å². The number of halogens is 2. The van der Waals surface area contributed by atoms with E-state index in [4.69, 9.17) is 0 Å². The largest absolute Gasteiger partial charge is 0.323 e. The Morgan fingerprint density at radius 3 is 2.52 bits per heavy atom. The van der Waals surface area contributed by atoms with Crippen molar-refractivity contribution in [3.8, 4) is 5.69 Å². The van der Waals surface area contributed by atoms with Gasteiger partial charge >= 0.3 is 6.03 Å². The van der Waals surface area contributed by atoms with Crippen LogP contribution in [0.25, 0.3) is 5.69 Å². The molecule has 0 unspecified atom stereocenters. The van der Waals surface area contributed by atoms with Crippen molar-refractivity contribution in [3.63, 3.8) is 0 Å². The molecular formula is C20H20F2N4O. The van der Waals surface area contributed by atoms with Crippen molar-refractivity contribution in [1.82, 2.24) is 14.7 Å². The number of nitrogens with one attached hydrogen (secondary N) is 1. The van der Waals surface area contributed by atoms with Crippen LogP contribution in [-0.2, 0) is 6.54 Å². The van der Waals surface area contributed by atoms with Crippen molar-refractivity contribution in [3.05, 3.63) is 77.1 Å². The summed E-state index contributed by atoms with van der Waals surface area (Å²) in [6, 6.07) is 12.2. The maximum absolute atomic E-state index is 13.7. The molecule has 1 N–H and O–H groups in total. The first kappa shape index (κ1) is 18.6. The topological polar surface area (TPSA) is 50.2 Å². The molecule has 0 radical (unpaired) electrons. The highest BCUT2D eigenvalue weighted by atomic mass is 19.1. The zero-order valence-electron chi connectivity index (χ0n) is 15.3. The van der Waals surface area contributed by atoms with Crippen molar-refractivity contribution in [1.29, 1.82) is 0 Å². The molecular weight excluding hydrogens is 350 g/mol. The number of urea groups is 1. The first-order chi connectivity index (χ1) is 12.9. The molecule has 3 aromatic rings. The third-order valence-corrected chi connectivity index (χ3v) is 4.36. The van der Waals surface area contributed by atoms with E-state index in [2.05, 4.69) is 10.4 Å². The Kier molecular flexibility index (Phi) is 5.21. The lowest BCUT2D eigenvalue weighted by Crippen LogP contribution is -2.31. The Morgan fingerprint density at radius 1 is 1.15 bits per heavy atom. The Balaban J connectivity index is 1.77. The molecule has 0 atom stereocenters. The summed E-state index contributed by atoms with van der Waals surface area (Å²) in [6.45, 7) is 4.13. The summed E-state index contributed by atoms with van der Waals surface area (Å²) < 4.78 is 28.6. The summed E-state index contributed by atoms with van der Waals surface area (Å²) in [5, 5.41) is 7.01. The molecule has 0 aliphatic rings. The molecule has 0 fully saturated rings. The molecule has 7 heteroatoms. The molecule has 2 amide bonds. The third kappa shape index (κ3) is 3.97. The van der Waals surface area contributed by atoms with Crippen molar-refractivity contribution < 1.29 is 13.6 Å². The Morgan fingerprint density at radius 2 is 1.85 bits per heavy atom. The van der Waals surface area contributed by atoms with E-state index in [-0.39, 0.29) is 5.69 Å². The zero-order valence-corrected chi connectivity index (χ0v) is 15.3. The van der Waals surface area contributed by atoms with Gasteiger partial charge in [0.15, 0.2) is 0 Å². The van der Waals surface area contributed by atoms with Crippen LogP contribution >= 0.6 is 0 Å². The predicted octanol–water partition coefficient (Wildman–Crippen LogP) is 4.43. The van der Waals surface area contributed by atoms with Crippen LogP contribution in [0.2, 0.25) is 0 Å². The highest BCUT2D eigenvalue weighted by molar-refractivity contribution is 5.89. The summed E-state index contributed by atoms with van der Waals surface area (Å²) in [5.74, 6) is -1.51. The van der Waals surface area contributed by atoms with Gasteiger partial charge in [0, 0.05) is 24.4 Å². The number of hydrogen-bond acceptors (Lipinski definition) is 2. The molecule has 0 aliphatic heterocycles. The first-order valence-corrected chi connectivity index (χ1v) is 8.44. The average Bonchev–Trinajstić information content (AvgIpc) is 2.93. The number of aryl methyl sites for hydroxylation is 1. The van der Waals surface area contributed by atoms with E-state index in [1.807, 2.05) is 48.9 Å². The van der Waals surface area contributed by atoms with Crippen molar-refractivity contribution in [2.45, 2.75) is 20.4 Å². The first-order valence-electron chi connectivity index (χ1n) is 8.44. The quantitative estimate of drug-likeness (QED) is 0.739. The van der Waals surface area contributed by atoms with E-state index in [0.717, 1.165) is 34.8 Å². The SMILES string of the molecule is Cc1nn(-c2ccccc2)c(C)c1CN(C)C(=O)Nc1ccc(F)cc1F. The minimum absolute atomic E-state index is 0.0679. The van der Waals surface area contributed by atoms with Gasteiger partial charge in [0.1, 0.15) is 11.6 Å². The van der Waals surface area contributed by atoms with Gasteiger partial charge in [0.05, 0.1) is 23.6 Å². The van der Waals surface area contributed by atoms with E-state index in [1.165, 1.54) is 11.0 Å². The molecule has 140 valence electrons. The van der Waals surface area contributed by atoms with Gasteiger partial charge in [-0.15, -0.1) is 0 Å². The maximum atomic E-state index is 13.7. The van der Waals surface area contributed by atoms with E-state index in [9.17, 15) is 13.6 Å². The average molecular weight is 370 g/mol. The molecule has 0 bridgehead atoms. The molecule has 5 nitrogen and oxygen atoms in total. The fraction of sp³-hybridized carbons (Fsp3) is 0.200. The highest BCUT2D eigenvalue weighted by Crippen LogP contribution is 2.20. The van der Waals surface area contributed by atoms with Crippen LogP contribution in [0.4, 0.5) is 19.3 Å². The molecule has 2 aromatic carbocycles. The van der Waals surface area contributed by atoms with Crippen LogP contribution in [-0.4, -0.2) is 27.8 Å². The lowest BCUT2D eigenvalue weighted by Gasteiger charge is -2.18. The lowest BCUT2D eigenvalue weighted by atomic mass is 10.2. The minimum atomic E-state index is -0.819. The predicted molar refractivity (Wildman–Crippen MR) is 99.9 cm³/mol. The molecule has 0 saturated heterocycles. The van der Waals surface area contributed by atoms with E-state index >= 15 is 0 Å². The molecule has 0 aliphatic carbocycles. The standard InChI is InChI=1S/C20H20F2N4O/c1-13-17(14(2)26(24-13)16-7-5-4-6-8-16)12-25(3)20(27)23-19-10-9-15(21)11-18(19)22/h4-11H,12H2,1-3H3,(H,23,27). The normalized spacial score (nSPS) is 10.7. The number of anilines is 1. The van der Waals surface area contributed by atoms with Crippen molar-refractivity contribution in [2.75, 3.05) is 12.4 Å². The minimum Gasteiger partial charge on any atom is -0.323 e. The van der Waals surface area contributed by atoms with E-state index < -0.39 is 17.7 Å². The summed E-state index contributed by atoms with van der Waals surface area (Å²) in [4.78, 5) is 13.8. The second kappa shape index (κ2) is 7.57. The molecule has 1 heterocycles. The smallest absolute Gasteiger partial charge is 0.321 e. The van der Waals surface area contributed by atoms with Crippen LogP contribution < -0.4 is 5.32 Å². The molecule has 27 heavy (non-hydrogen) atoms. The Labute approximate surface area is 156 Å². The van der Waals surface area contributed by atoms with Crippen molar-refractivity contribution in [2.24, 2.45) is 0 Å². The van der Waals surface area contributed by atoms with Crippen LogP contribution in [0.3, 0.4) is 0 Å². The summed E-state index contributed by atoms with van der Waals surface area (Å²) >= 11 is 0. The van der Waals surface area contributed by atoms with Gasteiger partial charge in [0.25, 0.3) is 0 Å². The lowest BCUT2D eigenvalue weighted by molar-refractivity contribution is 0.220. The number of amides is 2. The Bertz CT molecular complexity index is 970. The number of hydrogen-bond donors (Lipinski definition) is 1. The van der Waals surface area contributed by atoms with Crippen LogP contribution in [0, 0.1) is 25.5 Å². The van der Waals surface area contributed by atoms with Crippen LogP contribution in [0.5, 0.6) is 0 Å². The number of rotatable bonds is 4. The van der Waals surface area contributed by atoms with Gasteiger partial charge in [-0.1, -0.05) is 18.2 Å². The maximum Gasteiger partial charge on any atom is 0.321 e. The number of nitrogens with zero attached hydrogens (tertiary/aromatic N) is 3. The van der Waals surface area contributed by atoms with Crippen LogP contribution in [0.15, 0.2) is 48.5 Å². The number of carbonyl (C=O) groups excluding carboxylic acids is 1. The fourth-order valence-corrected chi connectivity index (χ4v) is 2.83. The molecule has 3 rings (SSSR count). The second-order valence-corrected chi connectivity index (χ2v) is 6.31. The van der Waals surface area contributed by atoms with Gasteiger partial charge in [-0.3, -0.25) is 0 Å². The van der Waals surface area contributed by atoms with Gasteiger partial charge in [-0.25, -0.2) is 18.3 Å². The van der Waals surface area contributed by atoms with Crippen molar-refractivity contribution >= 4 is 11.7 Å². The summed E-state index contributed by atoms with van der Waals surface area (Å²) in [6.07, 6.45) is 0. The summed E-state index contributed by atoms with van der Waals surface area (Å²) in [5.41, 5.74) is 3.51. The zero-order chi connectivity index (χ0) is 19.6. The molecule has 0 saturated carbocycles. The molecule has 0 spiro atoms. The summed E-state index contributed by atoms with van der Waals surface area (Å²) in [7, 11) is 1.61. The Hall–Kier alpha value is -3.22. The number of aromatic nitrogens is 2. The van der Waals surface area contributed by atoms with E-state index in [0.29, 0.717) is 6.54 Å². The number of benzene rings is 2.